The maximum atomic E-state index is 12.6. The minimum absolute atomic E-state index is 0.0528. The number of aryl methyl sites for hydroxylation is 1. The third kappa shape index (κ3) is 2.29. The van der Waals surface area contributed by atoms with E-state index in [4.69, 9.17) is 16.3 Å². The van der Waals surface area contributed by atoms with Crippen LogP contribution in [-0.4, -0.2) is 34.2 Å². The lowest BCUT2D eigenvalue weighted by atomic mass is 10.1. The Morgan fingerprint density at radius 3 is 3.10 bits per heavy atom. The van der Waals surface area contributed by atoms with Crippen LogP contribution in [0.25, 0.3) is 0 Å². The Kier molecular flexibility index (Phi) is 3.43. The molecule has 0 spiro atoms. The highest BCUT2D eigenvalue weighted by molar-refractivity contribution is 7.16. The lowest BCUT2D eigenvalue weighted by molar-refractivity contribution is 0.0732. The summed E-state index contributed by atoms with van der Waals surface area (Å²) in [5.41, 5.74) is 1.64. The number of carbonyl (C=O) groups excluding carboxylic acids is 1. The van der Waals surface area contributed by atoms with Crippen molar-refractivity contribution in [2.45, 2.75) is 13.0 Å². The molecule has 2 aromatic heterocycles. The van der Waals surface area contributed by atoms with E-state index < -0.39 is 0 Å². The maximum Gasteiger partial charge on any atom is 0.261 e. The first-order valence-corrected chi connectivity index (χ1v) is 7.42. The van der Waals surface area contributed by atoms with Gasteiger partial charge in [-0.25, -0.2) is 0 Å². The molecule has 0 saturated heterocycles. The molecule has 1 aliphatic rings. The van der Waals surface area contributed by atoms with Crippen molar-refractivity contribution in [1.82, 2.24) is 14.7 Å². The summed E-state index contributed by atoms with van der Waals surface area (Å²) in [6.45, 7) is 1.29. The Hall–Kier alpha value is -1.53. The molecule has 0 atom stereocenters. The number of hydrogen-bond donors (Lipinski definition) is 0. The van der Waals surface area contributed by atoms with E-state index in [9.17, 15) is 4.79 Å². The molecule has 1 amide bonds. The summed E-state index contributed by atoms with van der Waals surface area (Å²) in [5.74, 6) is 0.314. The molecule has 0 N–H and O–H groups in total. The lowest BCUT2D eigenvalue weighted by Gasteiger charge is -2.26. The van der Waals surface area contributed by atoms with Crippen LogP contribution in [0.5, 0.6) is 5.88 Å². The summed E-state index contributed by atoms with van der Waals surface area (Å²) < 4.78 is 7.52. The number of ether oxygens (including phenoxy) is 1. The number of halogens is 1. The summed E-state index contributed by atoms with van der Waals surface area (Å²) in [6, 6.07) is 1.95. The van der Waals surface area contributed by atoms with Gasteiger partial charge in [0.25, 0.3) is 5.91 Å². The zero-order valence-electron chi connectivity index (χ0n) is 11.2. The lowest BCUT2D eigenvalue weighted by Crippen LogP contribution is -2.35. The Bertz CT molecular complexity index is 665. The molecular weight excluding hydrogens is 298 g/mol. The second kappa shape index (κ2) is 5.10. The highest BCUT2D eigenvalue weighted by Gasteiger charge is 2.26. The predicted molar refractivity (Wildman–Crippen MR) is 77.5 cm³/mol. The van der Waals surface area contributed by atoms with Gasteiger partial charge >= 0.3 is 0 Å². The van der Waals surface area contributed by atoms with Crippen molar-refractivity contribution < 1.29 is 9.53 Å². The van der Waals surface area contributed by atoms with E-state index in [2.05, 4.69) is 5.10 Å². The first kappa shape index (κ1) is 13.5. The Morgan fingerprint density at radius 1 is 1.55 bits per heavy atom. The minimum Gasteiger partial charge on any atom is -0.479 e. The molecule has 0 fully saturated rings. The second-order valence-electron chi connectivity index (χ2n) is 4.70. The quantitative estimate of drug-likeness (QED) is 0.855. The van der Waals surface area contributed by atoms with Crippen molar-refractivity contribution in [3.63, 3.8) is 0 Å². The molecule has 0 bridgehead atoms. The molecule has 5 nitrogen and oxygen atoms in total. The molecule has 0 radical (unpaired) electrons. The van der Waals surface area contributed by atoms with Gasteiger partial charge < -0.3 is 9.64 Å². The van der Waals surface area contributed by atoms with Gasteiger partial charge in [0.15, 0.2) is 0 Å². The predicted octanol–water partition coefficient (Wildman–Crippen LogP) is 2.34. The number of fused-ring (bicyclic) bond motifs is 1. The second-order valence-corrected chi connectivity index (χ2v) is 6.47. The van der Waals surface area contributed by atoms with Gasteiger partial charge in [-0.05, 0) is 18.1 Å². The van der Waals surface area contributed by atoms with Gasteiger partial charge in [-0.2, -0.15) is 0 Å². The number of nitrogens with zero attached hydrogens (tertiary/aromatic N) is 3. The number of thiophene rings is 1. The molecule has 3 heterocycles. The number of methoxy groups -OCH3 is 1. The smallest absolute Gasteiger partial charge is 0.261 e. The number of hydrogen-bond acceptors (Lipinski definition) is 4. The fourth-order valence-corrected chi connectivity index (χ4v) is 3.70. The summed E-state index contributed by atoms with van der Waals surface area (Å²) in [7, 11) is 3.29. The fourth-order valence-electron chi connectivity index (χ4n) is 2.41. The Balaban J connectivity index is 1.85. The standard InChI is InChI=1S/C13H14ClN3O2S/c1-16-7-9(12(15-16)19-2)13(18)17-4-3-10-8(6-17)5-11(14)20-10/h5,7H,3-4,6H2,1-2H3. The van der Waals surface area contributed by atoms with E-state index in [-0.39, 0.29) is 5.91 Å². The molecule has 1 aliphatic heterocycles. The first-order chi connectivity index (χ1) is 9.58. The Morgan fingerprint density at radius 2 is 2.35 bits per heavy atom. The highest BCUT2D eigenvalue weighted by Crippen LogP contribution is 2.32. The van der Waals surface area contributed by atoms with Crippen LogP contribution in [0.4, 0.5) is 0 Å². The van der Waals surface area contributed by atoms with Crippen LogP contribution in [0.1, 0.15) is 20.8 Å². The van der Waals surface area contributed by atoms with E-state index in [1.807, 2.05) is 11.0 Å². The number of aromatic nitrogens is 2. The monoisotopic (exact) mass is 311 g/mol. The highest BCUT2D eigenvalue weighted by atomic mass is 35.5. The van der Waals surface area contributed by atoms with E-state index in [0.717, 1.165) is 16.3 Å². The normalized spacial score (nSPS) is 14.2. The molecule has 3 rings (SSSR count). The van der Waals surface area contributed by atoms with Crippen molar-refractivity contribution in [2.75, 3.05) is 13.7 Å². The summed E-state index contributed by atoms with van der Waals surface area (Å²) >= 11 is 7.63. The largest absolute Gasteiger partial charge is 0.479 e. The molecule has 7 heteroatoms. The molecule has 2 aromatic rings. The molecule has 20 heavy (non-hydrogen) atoms. The van der Waals surface area contributed by atoms with E-state index in [0.29, 0.717) is 24.5 Å². The molecule has 0 unspecified atom stereocenters. The average molecular weight is 312 g/mol. The van der Waals surface area contributed by atoms with Gasteiger partial charge in [-0.1, -0.05) is 11.6 Å². The molecule has 106 valence electrons. The number of amides is 1. The van der Waals surface area contributed by atoms with Crippen LogP contribution >= 0.6 is 22.9 Å². The van der Waals surface area contributed by atoms with Gasteiger partial charge in [0.1, 0.15) is 5.56 Å². The molecule has 0 aromatic carbocycles. The fraction of sp³-hybridized carbons (Fsp3) is 0.385. The van der Waals surface area contributed by atoms with Crippen molar-refractivity contribution in [2.24, 2.45) is 7.05 Å². The van der Waals surface area contributed by atoms with E-state index in [1.54, 1.807) is 29.3 Å². The molecular formula is C13H14ClN3O2S. The third-order valence-electron chi connectivity index (χ3n) is 3.34. The van der Waals surface area contributed by atoms with E-state index >= 15 is 0 Å². The van der Waals surface area contributed by atoms with Crippen LogP contribution in [0, 0.1) is 0 Å². The summed E-state index contributed by atoms with van der Waals surface area (Å²) in [4.78, 5) is 15.7. The molecule has 0 saturated carbocycles. The van der Waals surface area contributed by atoms with Crippen LogP contribution in [0.3, 0.4) is 0 Å². The zero-order chi connectivity index (χ0) is 14.3. The van der Waals surface area contributed by atoms with Gasteiger partial charge in [-0.3, -0.25) is 9.48 Å². The molecule has 0 aliphatic carbocycles. The van der Waals surface area contributed by atoms with E-state index in [1.165, 1.54) is 12.0 Å². The van der Waals surface area contributed by atoms with Crippen LogP contribution in [0.15, 0.2) is 12.3 Å². The van der Waals surface area contributed by atoms with Crippen molar-refractivity contribution in [3.05, 3.63) is 32.6 Å². The van der Waals surface area contributed by atoms with Gasteiger partial charge in [0, 0.05) is 31.2 Å². The van der Waals surface area contributed by atoms with Crippen molar-refractivity contribution >= 4 is 28.8 Å². The van der Waals surface area contributed by atoms with Crippen LogP contribution in [-0.2, 0) is 20.0 Å². The summed E-state index contributed by atoms with van der Waals surface area (Å²) in [6.07, 6.45) is 2.54. The number of carbonyl (C=O) groups is 1. The van der Waals surface area contributed by atoms with Crippen LogP contribution in [0.2, 0.25) is 4.34 Å². The van der Waals surface area contributed by atoms with Crippen molar-refractivity contribution in [3.8, 4) is 5.88 Å². The average Bonchev–Trinajstić information content (AvgIpc) is 2.98. The number of rotatable bonds is 2. The van der Waals surface area contributed by atoms with Gasteiger partial charge in [0.2, 0.25) is 5.88 Å². The first-order valence-electron chi connectivity index (χ1n) is 6.22. The topological polar surface area (TPSA) is 47.4 Å². The SMILES string of the molecule is COc1nn(C)cc1C(=O)N1CCc2sc(Cl)cc2C1. The zero-order valence-corrected chi connectivity index (χ0v) is 12.8. The van der Waals surface area contributed by atoms with Gasteiger partial charge in [-0.15, -0.1) is 16.4 Å². The van der Waals surface area contributed by atoms with Gasteiger partial charge in [0.05, 0.1) is 11.4 Å². The summed E-state index contributed by atoms with van der Waals surface area (Å²) in [5, 5.41) is 4.12. The Labute approximate surface area is 125 Å². The van der Waals surface area contributed by atoms with Crippen molar-refractivity contribution in [1.29, 1.82) is 0 Å². The minimum atomic E-state index is -0.0528. The van der Waals surface area contributed by atoms with Crippen LogP contribution < -0.4 is 4.74 Å². The third-order valence-corrected chi connectivity index (χ3v) is 4.71. The maximum absolute atomic E-state index is 12.6.